The molecule has 2 heterocycles. The molecule has 2 saturated heterocycles. The first-order valence-corrected chi connectivity index (χ1v) is 6.78. The maximum Gasteiger partial charge on any atom is 0.134 e. The summed E-state index contributed by atoms with van der Waals surface area (Å²) >= 11 is 0. The lowest BCUT2D eigenvalue weighted by Crippen LogP contribution is -2.44. The molecule has 0 N–H and O–H groups in total. The summed E-state index contributed by atoms with van der Waals surface area (Å²) in [4.78, 5) is 16.3. The third-order valence-corrected chi connectivity index (χ3v) is 3.92. The Labute approximate surface area is 104 Å². The lowest BCUT2D eigenvalue weighted by Gasteiger charge is -2.34. The predicted octanol–water partition coefficient (Wildman–Crippen LogP) is 0.620. The Morgan fingerprint density at radius 1 is 1.18 bits per heavy atom. The van der Waals surface area contributed by atoms with E-state index in [-0.39, 0.29) is 5.92 Å². The van der Waals surface area contributed by atoms with Gasteiger partial charge >= 0.3 is 0 Å². The number of piperidine rings is 1. The van der Waals surface area contributed by atoms with Crippen molar-refractivity contribution in [3.63, 3.8) is 0 Å². The fourth-order valence-electron chi connectivity index (χ4n) is 2.70. The molecule has 4 heteroatoms. The van der Waals surface area contributed by atoms with Gasteiger partial charge in [0.2, 0.25) is 0 Å². The molecule has 4 nitrogen and oxygen atoms in total. The normalized spacial score (nSPS) is 28.2. The van der Waals surface area contributed by atoms with Gasteiger partial charge in [-0.1, -0.05) is 0 Å². The van der Waals surface area contributed by atoms with Crippen molar-refractivity contribution in [1.82, 2.24) is 9.80 Å². The second kappa shape index (κ2) is 6.47. The first kappa shape index (κ1) is 13.0. The largest absolute Gasteiger partial charge is 0.379 e. The number of nitrogens with zero attached hydrogens (tertiary/aromatic N) is 2. The van der Waals surface area contributed by atoms with Crippen LogP contribution in [0.1, 0.15) is 19.8 Å². The Hall–Kier alpha value is -0.450. The topological polar surface area (TPSA) is 32.8 Å². The van der Waals surface area contributed by atoms with Gasteiger partial charge in [-0.2, -0.15) is 0 Å². The maximum atomic E-state index is 11.4. The minimum absolute atomic E-state index is 0.286. The van der Waals surface area contributed by atoms with E-state index in [0.29, 0.717) is 5.78 Å². The van der Waals surface area contributed by atoms with E-state index in [2.05, 4.69) is 9.80 Å². The van der Waals surface area contributed by atoms with Crippen molar-refractivity contribution < 1.29 is 9.53 Å². The van der Waals surface area contributed by atoms with Gasteiger partial charge in [0.25, 0.3) is 0 Å². The van der Waals surface area contributed by atoms with Crippen LogP contribution in [0.3, 0.4) is 0 Å². The van der Waals surface area contributed by atoms with E-state index in [1.807, 2.05) is 0 Å². The molecular formula is C13H24N2O2. The molecule has 2 aliphatic heterocycles. The van der Waals surface area contributed by atoms with Crippen molar-refractivity contribution in [3.05, 3.63) is 0 Å². The molecule has 0 radical (unpaired) electrons. The number of ether oxygens (including phenoxy) is 1. The molecule has 0 spiro atoms. The summed E-state index contributed by atoms with van der Waals surface area (Å²) < 4.78 is 5.34. The highest BCUT2D eigenvalue weighted by Crippen LogP contribution is 2.16. The van der Waals surface area contributed by atoms with Crippen molar-refractivity contribution in [2.75, 3.05) is 52.5 Å². The van der Waals surface area contributed by atoms with Crippen LogP contribution in [0.5, 0.6) is 0 Å². The summed E-state index contributed by atoms with van der Waals surface area (Å²) in [7, 11) is 0. The number of carbonyl (C=O) groups excluding carboxylic acids is 1. The molecular weight excluding hydrogens is 216 g/mol. The van der Waals surface area contributed by atoms with E-state index in [1.165, 1.54) is 6.42 Å². The molecule has 98 valence electrons. The third kappa shape index (κ3) is 4.05. The quantitative estimate of drug-likeness (QED) is 0.721. The van der Waals surface area contributed by atoms with Crippen LogP contribution in [-0.4, -0.2) is 68.1 Å². The molecule has 0 aromatic heterocycles. The van der Waals surface area contributed by atoms with Gasteiger partial charge < -0.3 is 9.64 Å². The summed E-state index contributed by atoms with van der Waals surface area (Å²) in [6, 6.07) is 0. The van der Waals surface area contributed by atoms with E-state index in [4.69, 9.17) is 4.74 Å². The first-order chi connectivity index (χ1) is 8.25. The van der Waals surface area contributed by atoms with Crippen LogP contribution in [0.2, 0.25) is 0 Å². The fraction of sp³-hybridized carbons (Fsp3) is 0.923. The van der Waals surface area contributed by atoms with E-state index >= 15 is 0 Å². The molecule has 0 amide bonds. The third-order valence-electron chi connectivity index (χ3n) is 3.92. The Balaban J connectivity index is 1.69. The minimum atomic E-state index is 0.286. The standard InChI is InChI=1S/C13H24N2O2/c1-12(16)13-3-2-4-15(11-13)6-5-14-7-9-17-10-8-14/h13H,2-11H2,1H3. The molecule has 1 atom stereocenters. The summed E-state index contributed by atoms with van der Waals surface area (Å²) in [5.41, 5.74) is 0. The number of hydrogen-bond acceptors (Lipinski definition) is 4. The highest BCUT2D eigenvalue weighted by Gasteiger charge is 2.23. The summed E-state index contributed by atoms with van der Waals surface area (Å²) in [6.07, 6.45) is 2.26. The summed E-state index contributed by atoms with van der Waals surface area (Å²) in [5.74, 6) is 0.648. The Morgan fingerprint density at radius 3 is 2.59 bits per heavy atom. The van der Waals surface area contributed by atoms with Gasteiger partial charge in [0.1, 0.15) is 5.78 Å². The molecule has 2 fully saturated rings. The monoisotopic (exact) mass is 240 g/mol. The molecule has 0 aliphatic carbocycles. The van der Waals surface area contributed by atoms with Crippen LogP contribution in [-0.2, 0) is 9.53 Å². The van der Waals surface area contributed by atoms with E-state index in [9.17, 15) is 4.79 Å². The van der Waals surface area contributed by atoms with Crippen molar-refractivity contribution in [2.24, 2.45) is 5.92 Å². The molecule has 0 aromatic carbocycles. The number of ketones is 1. The number of morpholine rings is 1. The highest BCUT2D eigenvalue weighted by atomic mass is 16.5. The number of rotatable bonds is 4. The van der Waals surface area contributed by atoms with Crippen molar-refractivity contribution >= 4 is 5.78 Å². The highest BCUT2D eigenvalue weighted by molar-refractivity contribution is 5.78. The van der Waals surface area contributed by atoms with Gasteiger partial charge in [0.15, 0.2) is 0 Å². The molecule has 1 unspecified atom stereocenters. The number of hydrogen-bond donors (Lipinski definition) is 0. The van der Waals surface area contributed by atoms with Crippen LogP contribution < -0.4 is 0 Å². The predicted molar refractivity (Wildman–Crippen MR) is 67.1 cm³/mol. The SMILES string of the molecule is CC(=O)C1CCCN(CCN2CCOCC2)C1. The lowest BCUT2D eigenvalue weighted by atomic mass is 9.95. The molecule has 0 saturated carbocycles. The van der Waals surface area contributed by atoms with E-state index in [0.717, 1.165) is 58.9 Å². The van der Waals surface area contributed by atoms with Crippen LogP contribution in [0, 0.1) is 5.92 Å². The molecule has 2 rings (SSSR count). The zero-order valence-electron chi connectivity index (χ0n) is 10.9. The van der Waals surface area contributed by atoms with Gasteiger partial charge in [-0.15, -0.1) is 0 Å². The Morgan fingerprint density at radius 2 is 1.88 bits per heavy atom. The van der Waals surface area contributed by atoms with Crippen molar-refractivity contribution in [2.45, 2.75) is 19.8 Å². The Kier molecular flexibility index (Phi) is 4.95. The van der Waals surface area contributed by atoms with Crippen molar-refractivity contribution in [3.8, 4) is 0 Å². The minimum Gasteiger partial charge on any atom is -0.379 e. The fourth-order valence-corrected chi connectivity index (χ4v) is 2.70. The number of Topliss-reactive ketones (excluding diaryl/α,β-unsaturated/α-hetero) is 1. The van der Waals surface area contributed by atoms with Crippen LogP contribution in [0.15, 0.2) is 0 Å². The summed E-state index contributed by atoms with van der Waals surface area (Å²) in [6.45, 7) is 9.95. The average molecular weight is 240 g/mol. The maximum absolute atomic E-state index is 11.4. The summed E-state index contributed by atoms with van der Waals surface area (Å²) in [5, 5.41) is 0. The second-order valence-electron chi connectivity index (χ2n) is 5.20. The zero-order valence-corrected chi connectivity index (χ0v) is 10.9. The second-order valence-corrected chi connectivity index (χ2v) is 5.20. The molecule has 0 aromatic rings. The molecule has 17 heavy (non-hydrogen) atoms. The van der Waals surface area contributed by atoms with Gasteiger partial charge in [-0.05, 0) is 26.3 Å². The smallest absolute Gasteiger partial charge is 0.134 e. The van der Waals surface area contributed by atoms with Gasteiger partial charge in [-0.25, -0.2) is 0 Å². The molecule has 0 bridgehead atoms. The van der Waals surface area contributed by atoms with Crippen LogP contribution >= 0.6 is 0 Å². The Bertz CT molecular complexity index is 252. The molecule has 2 aliphatic rings. The van der Waals surface area contributed by atoms with Crippen LogP contribution in [0.4, 0.5) is 0 Å². The average Bonchev–Trinajstić information content (AvgIpc) is 2.38. The zero-order chi connectivity index (χ0) is 12.1. The van der Waals surface area contributed by atoms with Gasteiger partial charge in [-0.3, -0.25) is 9.69 Å². The van der Waals surface area contributed by atoms with Crippen molar-refractivity contribution in [1.29, 1.82) is 0 Å². The van der Waals surface area contributed by atoms with Gasteiger partial charge in [0, 0.05) is 38.6 Å². The van der Waals surface area contributed by atoms with Gasteiger partial charge in [0.05, 0.1) is 13.2 Å². The van der Waals surface area contributed by atoms with E-state index in [1.54, 1.807) is 6.92 Å². The van der Waals surface area contributed by atoms with E-state index < -0.39 is 0 Å². The van der Waals surface area contributed by atoms with Crippen LogP contribution in [0.25, 0.3) is 0 Å². The number of likely N-dealkylation sites (tertiary alicyclic amines) is 1. The first-order valence-electron chi connectivity index (χ1n) is 6.78. The lowest BCUT2D eigenvalue weighted by molar-refractivity contribution is -0.122. The number of carbonyl (C=O) groups is 1.